The molecule has 9 heteroatoms. The van der Waals surface area contributed by atoms with Crippen molar-refractivity contribution in [2.45, 2.75) is 12.1 Å². The van der Waals surface area contributed by atoms with Crippen LogP contribution in [0.25, 0.3) is 10.2 Å². The number of hydrogen-bond acceptors (Lipinski definition) is 8. The van der Waals surface area contributed by atoms with E-state index in [-0.39, 0.29) is 5.91 Å². The number of thiazole rings is 1. The molecule has 0 aliphatic carbocycles. The van der Waals surface area contributed by atoms with Gasteiger partial charge in [-0.05, 0) is 23.8 Å². The number of aromatic nitrogens is 2. The maximum atomic E-state index is 12.4. The predicted octanol–water partition coefficient (Wildman–Crippen LogP) is 3.30. The lowest BCUT2D eigenvalue weighted by Gasteiger charge is -2.25. The van der Waals surface area contributed by atoms with Gasteiger partial charge in [-0.2, -0.15) is 0 Å². The summed E-state index contributed by atoms with van der Waals surface area (Å²) in [4.78, 5) is 21.1. The van der Waals surface area contributed by atoms with Crippen LogP contribution >= 0.6 is 11.3 Å². The fourth-order valence-electron chi connectivity index (χ4n) is 3.37. The van der Waals surface area contributed by atoms with E-state index in [2.05, 4.69) is 25.9 Å². The van der Waals surface area contributed by atoms with Crippen LogP contribution in [0.4, 0.5) is 17.2 Å². The Kier molecular flexibility index (Phi) is 6.60. The summed E-state index contributed by atoms with van der Waals surface area (Å²) in [6.07, 6.45) is 0.399. The van der Waals surface area contributed by atoms with E-state index in [0.29, 0.717) is 17.1 Å². The number of aliphatic hydroxyl groups excluding tert-OH is 2. The van der Waals surface area contributed by atoms with Crippen LogP contribution in [0.3, 0.4) is 0 Å². The van der Waals surface area contributed by atoms with E-state index in [4.69, 9.17) is 0 Å². The Bertz CT molecular complexity index is 1210. The highest BCUT2D eigenvalue weighted by molar-refractivity contribution is 7.16. The molecule has 2 unspecified atom stereocenters. The molecule has 5 N–H and O–H groups in total. The number of hydrogen-bond donors (Lipinski definition) is 5. The van der Waals surface area contributed by atoms with Crippen LogP contribution < -0.4 is 16.0 Å². The molecule has 0 bridgehead atoms. The fraction of sp³-hybridized carbons (Fsp3) is 0.174. The highest BCUT2D eigenvalue weighted by Crippen LogP contribution is 2.29. The van der Waals surface area contributed by atoms with Crippen LogP contribution in [0.1, 0.15) is 22.0 Å². The zero-order valence-corrected chi connectivity index (χ0v) is 18.1. The molecule has 2 aromatic carbocycles. The lowest BCUT2D eigenvalue weighted by atomic mass is 10.0. The SMILES string of the molecule is CNC(=O)c1cnc(Nc2ccc3ncsc3c2)cc1NC(c1ccccc1)C(O)CO. The van der Waals surface area contributed by atoms with Gasteiger partial charge in [0.2, 0.25) is 0 Å². The molecule has 164 valence electrons. The number of carbonyl (C=O) groups is 1. The Labute approximate surface area is 189 Å². The Balaban J connectivity index is 1.68. The van der Waals surface area contributed by atoms with Gasteiger partial charge in [-0.1, -0.05) is 30.3 Å². The molecule has 0 fully saturated rings. The molecule has 4 rings (SSSR count). The van der Waals surface area contributed by atoms with E-state index >= 15 is 0 Å². The summed E-state index contributed by atoms with van der Waals surface area (Å²) >= 11 is 1.55. The molecule has 1 amide bonds. The first-order valence-corrected chi connectivity index (χ1v) is 10.9. The molecular weight excluding hydrogens is 426 g/mol. The maximum absolute atomic E-state index is 12.4. The van der Waals surface area contributed by atoms with Crippen LogP contribution in [-0.2, 0) is 0 Å². The summed E-state index contributed by atoms with van der Waals surface area (Å²) in [5.74, 6) is 0.206. The van der Waals surface area contributed by atoms with Gasteiger partial charge < -0.3 is 26.2 Å². The van der Waals surface area contributed by atoms with Gasteiger partial charge in [0.25, 0.3) is 5.91 Å². The monoisotopic (exact) mass is 449 g/mol. The molecule has 0 saturated carbocycles. The van der Waals surface area contributed by atoms with E-state index in [0.717, 1.165) is 21.5 Å². The molecule has 0 saturated heterocycles. The van der Waals surface area contributed by atoms with E-state index in [1.54, 1.807) is 30.0 Å². The number of pyridine rings is 1. The summed E-state index contributed by atoms with van der Waals surface area (Å²) in [5.41, 5.74) is 5.13. The van der Waals surface area contributed by atoms with Gasteiger partial charge in [0.15, 0.2) is 0 Å². The summed E-state index contributed by atoms with van der Waals surface area (Å²) in [7, 11) is 1.54. The van der Waals surface area contributed by atoms with Crippen molar-refractivity contribution in [1.82, 2.24) is 15.3 Å². The third-order valence-electron chi connectivity index (χ3n) is 5.02. The third-order valence-corrected chi connectivity index (χ3v) is 5.81. The zero-order chi connectivity index (χ0) is 22.5. The zero-order valence-electron chi connectivity index (χ0n) is 17.3. The number of nitrogens with zero attached hydrogens (tertiary/aromatic N) is 2. The van der Waals surface area contributed by atoms with Crippen molar-refractivity contribution < 1.29 is 15.0 Å². The fourth-order valence-corrected chi connectivity index (χ4v) is 4.09. The van der Waals surface area contributed by atoms with Crippen molar-refractivity contribution in [2.75, 3.05) is 24.3 Å². The van der Waals surface area contributed by atoms with Crippen molar-refractivity contribution in [3.63, 3.8) is 0 Å². The minimum Gasteiger partial charge on any atom is -0.394 e. The van der Waals surface area contributed by atoms with Gasteiger partial charge >= 0.3 is 0 Å². The molecule has 0 aliphatic heterocycles. The van der Waals surface area contributed by atoms with Crippen LogP contribution in [0.5, 0.6) is 0 Å². The number of nitrogens with one attached hydrogen (secondary N) is 3. The largest absolute Gasteiger partial charge is 0.394 e. The molecule has 0 aliphatic rings. The first kappa shape index (κ1) is 21.7. The number of fused-ring (bicyclic) bond motifs is 1. The molecule has 8 nitrogen and oxygen atoms in total. The number of rotatable bonds is 8. The molecule has 0 spiro atoms. The minimum absolute atomic E-state index is 0.317. The normalized spacial score (nSPS) is 12.8. The lowest BCUT2D eigenvalue weighted by Crippen LogP contribution is -2.30. The van der Waals surface area contributed by atoms with Gasteiger partial charge in [0.1, 0.15) is 11.9 Å². The van der Waals surface area contributed by atoms with Crippen LogP contribution in [0, 0.1) is 0 Å². The predicted molar refractivity (Wildman–Crippen MR) is 126 cm³/mol. The Morgan fingerprint density at radius 2 is 1.94 bits per heavy atom. The van der Waals surface area contributed by atoms with Crippen molar-refractivity contribution in [1.29, 1.82) is 0 Å². The third kappa shape index (κ3) is 4.70. The second-order valence-electron chi connectivity index (χ2n) is 7.14. The van der Waals surface area contributed by atoms with Crippen LogP contribution in [-0.4, -0.2) is 45.8 Å². The number of anilines is 3. The number of amides is 1. The highest BCUT2D eigenvalue weighted by Gasteiger charge is 2.23. The first-order valence-electron chi connectivity index (χ1n) is 10.0. The molecule has 2 aromatic heterocycles. The Hall–Kier alpha value is -3.53. The van der Waals surface area contributed by atoms with Gasteiger partial charge in [-0.25, -0.2) is 9.97 Å². The van der Waals surface area contributed by atoms with Crippen molar-refractivity contribution >= 4 is 44.7 Å². The summed E-state index contributed by atoms with van der Waals surface area (Å²) < 4.78 is 1.05. The molecule has 0 radical (unpaired) electrons. The van der Waals surface area contributed by atoms with Crippen molar-refractivity contribution in [2.24, 2.45) is 0 Å². The molecule has 2 atom stereocenters. The van der Waals surface area contributed by atoms with E-state index in [1.165, 1.54) is 6.20 Å². The van der Waals surface area contributed by atoms with E-state index in [9.17, 15) is 15.0 Å². The Morgan fingerprint density at radius 1 is 1.12 bits per heavy atom. The van der Waals surface area contributed by atoms with E-state index in [1.807, 2.05) is 48.5 Å². The number of aliphatic hydroxyl groups is 2. The lowest BCUT2D eigenvalue weighted by molar-refractivity contribution is 0.0793. The van der Waals surface area contributed by atoms with Crippen LogP contribution in [0.2, 0.25) is 0 Å². The first-order chi connectivity index (χ1) is 15.6. The van der Waals surface area contributed by atoms with Crippen molar-refractivity contribution in [3.05, 3.63) is 77.4 Å². The standard InChI is InChI=1S/C23H23N5O3S/c1-24-23(31)16-11-25-21(27-15-7-8-17-20(9-15)32-13-26-17)10-18(16)28-22(19(30)12-29)14-5-3-2-4-6-14/h2-11,13,19,22,29-30H,12H2,1H3,(H,24,31)(H2,25,27,28). The highest BCUT2D eigenvalue weighted by atomic mass is 32.1. The van der Waals surface area contributed by atoms with Gasteiger partial charge in [0.05, 0.1) is 39.6 Å². The summed E-state index contributed by atoms with van der Waals surface area (Å²) in [6, 6.07) is 16.2. The van der Waals surface area contributed by atoms with Crippen LogP contribution in [0.15, 0.2) is 66.3 Å². The van der Waals surface area contributed by atoms with E-state index < -0.39 is 18.8 Å². The van der Waals surface area contributed by atoms with Gasteiger partial charge in [0, 0.05) is 25.0 Å². The average Bonchev–Trinajstić information content (AvgIpc) is 3.30. The maximum Gasteiger partial charge on any atom is 0.254 e. The molecular formula is C23H23N5O3S. The summed E-state index contributed by atoms with van der Waals surface area (Å²) in [6.45, 7) is -0.438. The molecule has 4 aromatic rings. The van der Waals surface area contributed by atoms with Gasteiger partial charge in [-0.15, -0.1) is 11.3 Å². The summed E-state index contributed by atoms with van der Waals surface area (Å²) in [5, 5.41) is 29.1. The second kappa shape index (κ2) is 9.73. The average molecular weight is 450 g/mol. The number of benzene rings is 2. The Morgan fingerprint density at radius 3 is 2.69 bits per heavy atom. The quantitative estimate of drug-likeness (QED) is 0.280. The second-order valence-corrected chi connectivity index (χ2v) is 8.02. The van der Waals surface area contributed by atoms with Gasteiger partial charge in [-0.3, -0.25) is 4.79 Å². The molecule has 2 heterocycles. The number of carbonyl (C=O) groups excluding carboxylic acids is 1. The minimum atomic E-state index is -1.08. The van der Waals surface area contributed by atoms with Crippen molar-refractivity contribution in [3.8, 4) is 0 Å². The topological polar surface area (TPSA) is 119 Å². The smallest absolute Gasteiger partial charge is 0.254 e. The molecule has 32 heavy (non-hydrogen) atoms.